The second-order valence-electron chi connectivity index (χ2n) is 3.04. The van der Waals surface area contributed by atoms with Crippen LogP contribution in [0.15, 0.2) is 0 Å². The molecule has 1 aliphatic rings. The third kappa shape index (κ3) is 2.15. The van der Waals surface area contributed by atoms with Gasteiger partial charge in [0, 0.05) is 19.6 Å². The predicted octanol–water partition coefficient (Wildman–Crippen LogP) is 0.419. The van der Waals surface area contributed by atoms with Crippen molar-refractivity contribution in [2.75, 3.05) is 20.3 Å². The Labute approximate surface area is 67.3 Å². The van der Waals surface area contributed by atoms with Gasteiger partial charge in [-0.25, -0.2) is 0 Å². The molecule has 0 radical (unpaired) electrons. The van der Waals surface area contributed by atoms with Crippen molar-refractivity contribution in [1.82, 2.24) is 0 Å². The van der Waals surface area contributed by atoms with E-state index in [1.807, 2.05) is 6.92 Å². The first kappa shape index (κ1) is 8.97. The maximum Gasteiger partial charge on any atom is 0.0858 e. The van der Waals surface area contributed by atoms with Crippen molar-refractivity contribution in [3.8, 4) is 0 Å². The zero-order valence-corrected chi connectivity index (χ0v) is 7.12. The number of ether oxygens (including phenoxy) is 2. The van der Waals surface area contributed by atoms with Crippen LogP contribution in [0.4, 0.5) is 0 Å². The van der Waals surface area contributed by atoms with Crippen molar-refractivity contribution in [2.45, 2.75) is 25.6 Å². The maximum absolute atomic E-state index is 9.34. The Hall–Kier alpha value is -0.120. The summed E-state index contributed by atoms with van der Waals surface area (Å²) >= 11 is 0. The molecule has 66 valence electrons. The summed E-state index contributed by atoms with van der Waals surface area (Å²) in [4.78, 5) is 0. The van der Waals surface area contributed by atoms with Gasteiger partial charge in [-0.3, -0.25) is 0 Å². The number of rotatable bonds is 2. The van der Waals surface area contributed by atoms with Crippen molar-refractivity contribution >= 4 is 0 Å². The van der Waals surface area contributed by atoms with E-state index in [2.05, 4.69) is 0 Å². The third-order valence-corrected chi connectivity index (χ3v) is 2.28. The molecule has 1 N–H and O–H groups in total. The highest BCUT2D eigenvalue weighted by molar-refractivity contribution is 4.77. The first-order valence-electron chi connectivity index (χ1n) is 4.04. The van der Waals surface area contributed by atoms with Gasteiger partial charge in [0.1, 0.15) is 0 Å². The lowest BCUT2D eigenvalue weighted by atomic mass is 9.92. The fourth-order valence-electron chi connectivity index (χ4n) is 1.52. The van der Waals surface area contributed by atoms with Gasteiger partial charge >= 0.3 is 0 Å². The summed E-state index contributed by atoms with van der Waals surface area (Å²) in [5.41, 5.74) is 0. The predicted molar refractivity (Wildman–Crippen MR) is 41.4 cm³/mol. The Morgan fingerprint density at radius 2 is 2.36 bits per heavy atom. The fraction of sp³-hybridized carbons (Fsp3) is 1.00. The topological polar surface area (TPSA) is 38.7 Å². The summed E-state index contributed by atoms with van der Waals surface area (Å²) in [6.45, 7) is 3.17. The lowest BCUT2D eigenvalue weighted by Gasteiger charge is -2.32. The molecule has 0 saturated carbocycles. The van der Waals surface area contributed by atoms with Gasteiger partial charge in [0.05, 0.1) is 18.8 Å². The van der Waals surface area contributed by atoms with E-state index in [4.69, 9.17) is 9.47 Å². The summed E-state index contributed by atoms with van der Waals surface area (Å²) in [5, 5.41) is 9.34. The molecule has 0 aromatic rings. The van der Waals surface area contributed by atoms with Gasteiger partial charge in [-0.1, -0.05) is 0 Å². The van der Waals surface area contributed by atoms with Crippen LogP contribution in [-0.4, -0.2) is 37.6 Å². The first-order valence-corrected chi connectivity index (χ1v) is 4.04. The molecule has 1 rings (SSSR count). The van der Waals surface area contributed by atoms with Gasteiger partial charge in [0.25, 0.3) is 0 Å². The number of hydrogen-bond donors (Lipinski definition) is 1. The summed E-state index contributed by atoms with van der Waals surface area (Å²) in [7, 11) is 1.66. The second-order valence-corrected chi connectivity index (χ2v) is 3.04. The van der Waals surface area contributed by atoms with Gasteiger partial charge in [0.15, 0.2) is 0 Å². The molecule has 0 spiro atoms. The van der Waals surface area contributed by atoms with E-state index >= 15 is 0 Å². The molecular weight excluding hydrogens is 144 g/mol. The zero-order chi connectivity index (χ0) is 8.27. The highest BCUT2D eigenvalue weighted by Crippen LogP contribution is 2.21. The Bertz CT molecular complexity index is 114. The van der Waals surface area contributed by atoms with E-state index in [9.17, 15) is 5.11 Å². The van der Waals surface area contributed by atoms with Crippen LogP contribution in [0.25, 0.3) is 0 Å². The Morgan fingerprint density at radius 3 is 2.82 bits per heavy atom. The standard InChI is InChI=1S/C8H16O3/c1-6(9)7-3-4-11-5-8(7)10-2/h6-9H,3-5H2,1-2H3. The molecule has 0 aromatic heterocycles. The van der Waals surface area contributed by atoms with Crippen molar-refractivity contribution < 1.29 is 14.6 Å². The van der Waals surface area contributed by atoms with Crippen LogP contribution >= 0.6 is 0 Å². The number of aliphatic hydroxyl groups is 1. The maximum atomic E-state index is 9.34. The molecule has 0 aromatic carbocycles. The number of hydrogen-bond acceptors (Lipinski definition) is 3. The first-order chi connectivity index (χ1) is 5.25. The van der Waals surface area contributed by atoms with E-state index in [1.54, 1.807) is 7.11 Å². The molecule has 1 fully saturated rings. The quantitative estimate of drug-likeness (QED) is 0.636. The van der Waals surface area contributed by atoms with Gasteiger partial charge in [-0.05, 0) is 13.3 Å². The molecule has 1 heterocycles. The van der Waals surface area contributed by atoms with E-state index in [-0.39, 0.29) is 18.1 Å². The molecule has 1 aliphatic heterocycles. The second kappa shape index (κ2) is 4.04. The van der Waals surface area contributed by atoms with Crippen LogP contribution in [0.3, 0.4) is 0 Å². The number of methoxy groups -OCH3 is 1. The normalized spacial score (nSPS) is 35.2. The summed E-state index contributed by atoms with van der Waals surface area (Å²) in [6, 6.07) is 0. The summed E-state index contributed by atoms with van der Waals surface area (Å²) < 4.78 is 10.4. The van der Waals surface area contributed by atoms with Crippen LogP contribution in [0.2, 0.25) is 0 Å². The fourth-order valence-corrected chi connectivity index (χ4v) is 1.52. The molecule has 3 nitrogen and oxygen atoms in total. The average Bonchev–Trinajstić information content (AvgIpc) is 2.04. The van der Waals surface area contributed by atoms with Crippen LogP contribution in [0.5, 0.6) is 0 Å². The highest BCUT2D eigenvalue weighted by atomic mass is 16.5. The molecule has 1 saturated heterocycles. The number of aliphatic hydroxyl groups excluding tert-OH is 1. The van der Waals surface area contributed by atoms with Gasteiger partial charge in [-0.15, -0.1) is 0 Å². The zero-order valence-electron chi connectivity index (χ0n) is 7.12. The van der Waals surface area contributed by atoms with E-state index in [1.165, 1.54) is 0 Å². The molecule has 3 atom stereocenters. The largest absolute Gasteiger partial charge is 0.393 e. The van der Waals surface area contributed by atoms with Gasteiger partial charge in [0.2, 0.25) is 0 Å². The summed E-state index contributed by atoms with van der Waals surface area (Å²) in [5.74, 6) is 0.244. The minimum atomic E-state index is -0.288. The van der Waals surface area contributed by atoms with Crippen LogP contribution in [-0.2, 0) is 9.47 Å². The molecular formula is C8H16O3. The Balaban J connectivity index is 2.44. The lowest BCUT2D eigenvalue weighted by Crippen LogP contribution is -2.39. The van der Waals surface area contributed by atoms with E-state index in [0.29, 0.717) is 6.61 Å². The van der Waals surface area contributed by atoms with Crippen molar-refractivity contribution in [2.24, 2.45) is 5.92 Å². The van der Waals surface area contributed by atoms with Crippen molar-refractivity contribution in [3.05, 3.63) is 0 Å². The minimum absolute atomic E-state index is 0.0729. The van der Waals surface area contributed by atoms with Crippen LogP contribution in [0.1, 0.15) is 13.3 Å². The SMILES string of the molecule is COC1COCCC1C(C)O. The van der Waals surface area contributed by atoms with Gasteiger partial charge in [-0.2, -0.15) is 0 Å². The third-order valence-electron chi connectivity index (χ3n) is 2.28. The Kier molecular flexibility index (Phi) is 3.30. The average molecular weight is 160 g/mol. The molecule has 0 aliphatic carbocycles. The van der Waals surface area contributed by atoms with Crippen molar-refractivity contribution in [3.63, 3.8) is 0 Å². The molecule has 11 heavy (non-hydrogen) atoms. The lowest BCUT2D eigenvalue weighted by molar-refractivity contribution is -0.0962. The minimum Gasteiger partial charge on any atom is -0.393 e. The van der Waals surface area contributed by atoms with Crippen molar-refractivity contribution in [1.29, 1.82) is 0 Å². The summed E-state index contributed by atoms with van der Waals surface area (Å²) in [6.07, 6.45) is 0.684. The van der Waals surface area contributed by atoms with E-state index in [0.717, 1.165) is 13.0 Å². The Morgan fingerprint density at radius 1 is 1.64 bits per heavy atom. The molecule has 0 amide bonds. The van der Waals surface area contributed by atoms with Crippen LogP contribution < -0.4 is 0 Å². The van der Waals surface area contributed by atoms with Crippen LogP contribution in [0, 0.1) is 5.92 Å². The monoisotopic (exact) mass is 160 g/mol. The van der Waals surface area contributed by atoms with E-state index < -0.39 is 0 Å². The molecule has 3 heteroatoms. The smallest absolute Gasteiger partial charge is 0.0858 e. The highest BCUT2D eigenvalue weighted by Gasteiger charge is 2.28. The van der Waals surface area contributed by atoms with Gasteiger partial charge < -0.3 is 14.6 Å². The molecule has 3 unspecified atom stereocenters. The molecule has 0 bridgehead atoms.